The van der Waals surface area contributed by atoms with Gasteiger partial charge in [-0.15, -0.1) is 0 Å². The van der Waals surface area contributed by atoms with E-state index < -0.39 is 0 Å². The molecule has 1 N–H and O–H groups in total. The van der Waals surface area contributed by atoms with E-state index in [0.717, 1.165) is 17.9 Å². The highest BCUT2D eigenvalue weighted by Crippen LogP contribution is 2.27. The fourth-order valence-electron chi connectivity index (χ4n) is 1.22. The maximum atomic E-state index is 8.69. The van der Waals surface area contributed by atoms with E-state index in [2.05, 4.69) is 6.58 Å². The molecular weight excluding hydrogens is 144 g/mol. The quantitative estimate of drug-likeness (QED) is 0.631. The van der Waals surface area contributed by atoms with Crippen LogP contribution in [-0.4, -0.2) is 23.2 Å². The largest absolute Gasteiger partial charge is 0.392 e. The lowest BCUT2D eigenvalue weighted by Gasteiger charge is -2.07. The van der Waals surface area contributed by atoms with Crippen molar-refractivity contribution in [2.75, 3.05) is 18.1 Å². The van der Waals surface area contributed by atoms with Crippen molar-refractivity contribution in [3.8, 4) is 0 Å². The molecule has 0 saturated carbocycles. The van der Waals surface area contributed by atoms with Crippen LogP contribution in [0.2, 0.25) is 0 Å². The van der Waals surface area contributed by atoms with Crippen molar-refractivity contribution in [2.24, 2.45) is 5.92 Å². The van der Waals surface area contributed by atoms with Crippen molar-refractivity contribution in [1.82, 2.24) is 0 Å². The predicted molar refractivity (Wildman–Crippen MR) is 46.3 cm³/mol. The summed E-state index contributed by atoms with van der Waals surface area (Å²) >= 11 is 2.01. The van der Waals surface area contributed by atoms with Crippen LogP contribution < -0.4 is 0 Å². The fourth-order valence-corrected chi connectivity index (χ4v) is 2.50. The molecule has 0 amide bonds. The Bertz CT molecular complexity index is 116. The third kappa shape index (κ3) is 2.35. The van der Waals surface area contributed by atoms with Crippen molar-refractivity contribution >= 4 is 11.8 Å². The van der Waals surface area contributed by atoms with Gasteiger partial charge in [-0.1, -0.05) is 12.2 Å². The van der Waals surface area contributed by atoms with Crippen molar-refractivity contribution < 1.29 is 5.11 Å². The maximum Gasteiger partial charge on any atom is 0.0639 e. The smallest absolute Gasteiger partial charge is 0.0639 e. The lowest BCUT2D eigenvalue weighted by Crippen LogP contribution is -2.01. The number of rotatable bonds is 3. The van der Waals surface area contributed by atoms with Gasteiger partial charge in [0.1, 0.15) is 0 Å². The summed E-state index contributed by atoms with van der Waals surface area (Å²) in [6.07, 6.45) is 2.34. The van der Waals surface area contributed by atoms with Gasteiger partial charge >= 0.3 is 0 Å². The molecule has 0 bridgehead atoms. The zero-order chi connectivity index (χ0) is 7.40. The molecule has 58 valence electrons. The number of aliphatic hydroxyl groups is 1. The van der Waals surface area contributed by atoms with Crippen LogP contribution in [0.15, 0.2) is 12.2 Å². The van der Waals surface area contributed by atoms with Gasteiger partial charge in [0.05, 0.1) is 6.61 Å². The van der Waals surface area contributed by atoms with Gasteiger partial charge in [-0.2, -0.15) is 11.8 Å². The zero-order valence-corrected chi connectivity index (χ0v) is 6.99. The van der Waals surface area contributed by atoms with Crippen LogP contribution in [0.25, 0.3) is 0 Å². The highest BCUT2D eigenvalue weighted by Gasteiger charge is 2.15. The average molecular weight is 158 g/mol. The molecule has 1 heterocycles. The molecule has 1 nitrogen and oxygen atoms in total. The highest BCUT2D eigenvalue weighted by molar-refractivity contribution is 7.99. The molecular formula is C8H14OS. The first-order valence-electron chi connectivity index (χ1n) is 3.68. The molecule has 2 heteroatoms. The number of hydrogen-bond donors (Lipinski definition) is 1. The van der Waals surface area contributed by atoms with Crippen LogP contribution in [0, 0.1) is 5.92 Å². The first-order chi connectivity index (χ1) is 4.83. The molecule has 10 heavy (non-hydrogen) atoms. The van der Waals surface area contributed by atoms with Crippen LogP contribution in [-0.2, 0) is 0 Å². The lowest BCUT2D eigenvalue weighted by molar-refractivity contribution is 0.322. The molecule has 1 saturated heterocycles. The van der Waals surface area contributed by atoms with E-state index in [9.17, 15) is 0 Å². The molecule has 1 rings (SSSR count). The van der Waals surface area contributed by atoms with Gasteiger partial charge in [0.15, 0.2) is 0 Å². The summed E-state index contributed by atoms with van der Waals surface area (Å²) in [7, 11) is 0. The van der Waals surface area contributed by atoms with E-state index in [4.69, 9.17) is 5.11 Å². The summed E-state index contributed by atoms with van der Waals surface area (Å²) in [5.74, 6) is 3.35. The van der Waals surface area contributed by atoms with E-state index in [1.807, 2.05) is 11.8 Å². The second kappa shape index (κ2) is 4.04. The van der Waals surface area contributed by atoms with Gasteiger partial charge in [-0.05, 0) is 30.3 Å². The number of aliphatic hydroxyl groups excluding tert-OH is 1. The molecule has 1 atom stereocenters. The van der Waals surface area contributed by atoms with Crippen molar-refractivity contribution in [3.05, 3.63) is 12.2 Å². The Morgan fingerprint density at radius 2 is 2.50 bits per heavy atom. The van der Waals surface area contributed by atoms with Crippen LogP contribution in [0.3, 0.4) is 0 Å². The molecule has 0 aromatic heterocycles. The Hall–Kier alpha value is 0.0500. The van der Waals surface area contributed by atoms with Gasteiger partial charge in [0, 0.05) is 0 Å². The third-order valence-corrected chi connectivity index (χ3v) is 3.06. The second-order valence-electron chi connectivity index (χ2n) is 2.84. The van der Waals surface area contributed by atoms with Crippen LogP contribution in [0.5, 0.6) is 0 Å². The van der Waals surface area contributed by atoms with Crippen molar-refractivity contribution in [2.45, 2.75) is 12.8 Å². The summed E-state index contributed by atoms with van der Waals surface area (Å²) in [6, 6.07) is 0. The van der Waals surface area contributed by atoms with Crippen LogP contribution in [0.1, 0.15) is 12.8 Å². The lowest BCUT2D eigenvalue weighted by atomic mass is 10.0. The van der Waals surface area contributed by atoms with Gasteiger partial charge in [0.25, 0.3) is 0 Å². The highest BCUT2D eigenvalue weighted by atomic mass is 32.2. The Morgan fingerprint density at radius 1 is 1.70 bits per heavy atom. The first kappa shape index (κ1) is 8.15. The summed E-state index contributed by atoms with van der Waals surface area (Å²) in [6.45, 7) is 3.95. The van der Waals surface area contributed by atoms with Crippen LogP contribution in [0.4, 0.5) is 0 Å². The third-order valence-electron chi connectivity index (χ3n) is 1.82. The average Bonchev–Trinajstić information content (AvgIpc) is 2.40. The minimum Gasteiger partial charge on any atom is -0.392 e. The summed E-state index contributed by atoms with van der Waals surface area (Å²) < 4.78 is 0. The van der Waals surface area contributed by atoms with Crippen molar-refractivity contribution in [1.29, 1.82) is 0 Å². The Balaban J connectivity index is 2.17. The van der Waals surface area contributed by atoms with Gasteiger partial charge < -0.3 is 5.11 Å². The minimum atomic E-state index is 0.168. The topological polar surface area (TPSA) is 20.2 Å². The molecule has 0 radical (unpaired) electrons. The Kier molecular flexibility index (Phi) is 3.29. The molecule has 1 aliphatic heterocycles. The van der Waals surface area contributed by atoms with Crippen molar-refractivity contribution in [3.63, 3.8) is 0 Å². The number of thioether (sulfide) groups is 1. The molecule has 1 unspecified atom stereocenters. The normalized spacial score (nSPS) is 25.1. The van der Waals surface area contributed by atoms with Crippen LogP contribution >= 0.6 is 11.8 Å². The maximum absolute atomic E-state index is 8.69. The Morgan fingerprint density at radius 3 is 3.00 bits per heavy atom. The first-order valence-corrected chi connectivity index (χ1v) is 4.83. The minimum absolute atomic E-state index is 0.168. The molecule has 0 aromatic rings. The van der Waals surface area contributed by atoms with E-state index in [-0.39, 0.29) is 6.61 Å². The van der Waals surface area contributed by atoms with E-state index in [1.165, 1.54) is 17.9 Å². The molecule has 1 fully saturated rings. The van der Waals surface area contributed by atoms with Gasteiger partial charge in [0.2, 0.25) is 0 Å². The second-order valence-corrected chi connectivity index (χ2v) is 3.99. The van der Waals surface area contributed by atoms with E-state index in [1.54, 1.807) is 0 Å². The SMILES string of the molecule is C=C(CO)CC1CCSC1. The van der Waals surface area contributed by atoms with E-state index in [0.29, 0.717) is 0 Å². The molecule has 1 aliphatic rings. The van der Waals surface area contributed by atoms with Gasteiger partial charge in [-0.3, -0.25) is 0 Å². The number of hydrogen-bond acceptors (Lipinski definition) is 2. The fraction of sp³-hybridized carbons (Fsp3) is 0.750. The summed E-state index contributed by atoms with van der Waals surface area (Å²) in [5, 5.41) is 8.69. The molecule has 0 aromatic carbocycles. The Labute approximate surface area is 66.5 Å². The summed E-state index contributed by atoms with van der Waals surface area (Å²) in [4.78, 5) is 0. The summed E-state index contributed by atoms with van der Waals surface area (Å²) in [5.41, 5.74) is 0.993. The monoisotopic (exact) mass is 158 g/mol. The van der Waals surface area contributed by atoms with Gasteiger partial charge in [-0.25, -0.2) is 0 Å². The molecule has 0 aliphatic carbocycles. The zero-order valence-electron chi connectivity index (χ0n) is 6.18. The standard InChI is InChI=1S/C8H14OS/c1-7(5-9)4-8-2-3-10-6-8/h8-9H,1-6H2. The van der Waals surface area contributed by atoms with E-state index >= 15 is 0 Å². The molecule has 0 spiro atoms. The predicted octanol–water partition coefficient (Wildman–Crippen LogP) is 1.68.